The molecule has 0 bridgehead atoms. The number of fused-ring (bicyclic) bond motifs is 1. The molecule has 0 fully saturated rings. The number of hydrogen-bond acceptors (Lipinski definition) is 3. The van der Waals surface area contributed by atoms with Crippen molar-refractivity contribution in [3.8, 4) is 11.3 Å². The maximum Gasteiger partial charge on any atom is 0.133 e. The van der Waals surface area contributed by atoms with Gasteiger partial charge in [0.2, 0.25) is 0 Å². The highest BCUT2D eigenvalue weighted by atomic mass is 16.3. The van der Waals surface area contributed by atoms with E-state index in [9.17, 15) is 0 Å². The highest BCUT2D eigenvalue weighted by Crippen LogP contribution is 2.28. The second-order valence-corrected chi connectivity index (χ2v) is 4.62. The summed E-state index contributed by atoms with van der Waals surface area (Å²) in [6, 6.07) is 8.06. The molecule has 0 spiro atoms. The Balaban J connectivity index is 2.19. The van der Waals surface area contributed by atoms with Gasteiger partial charge in [-0.1, -0.05) is 13.8 Å². The van der Waals surface area contributed by atoms with E-state index in [1.54, 1.807) is 18.7 Å². The van der Waals surface area contributed by atoms with Crippen LogP contribution in [0.4, 0.5) is 0 Å². The van der Waals surface area contributed by atoms with Gasteiger partial charge >= 0.3 is 0 Å². The molecule has 3 nitrogen and oxygen atoms in total. The third-order valence-corrected chi connectivity index (χ3v) is 3.00. The van der Waals surface area contributed by atoms with Crippen LogP contribution in [0, 0.1) is 0 Å². The van der Waals surface area contributed by atoms with Gasteiger partial charge in [-0.15, -0.1) is 0 Å². The smallest absolute Gasteiger partial charge is 0.133 e. The molecule has 2 aromatic heterocycles. The molecule has 0 saturated heterocycles. The van der Waals surface area contributed by atoms with Crippen molar-refractivity contribution < 1.29 is 4.42 Å². The maximum atomic E-state index is 5.35. The first-order chi connectivity index (χ1) is 8.75. The molecular weight excluding hydrogens is 224 g/mol. The van der Waals surface area contributed by atoms with Crippen molar-refractivity contribution in [3.05, 3.63) is 48.6 Å². The van der Waals surface area contributed by atoms with Crippen LogP contribution in [0.2, 0.25) is 0 Å². The molecule has 3 rings (SSSR count). The monoisotopic (exact) mass is 238 g/mol. The van der Waals surface area contributed by atoms with Gasteiger partial charge in [0.15, 0.2) is 0 Å². The molecule has 0 atom stereocenters. The van der Waals surface area contributed by atoms with Crippen LogP contribution in [0.1, 0.15) is 25.5 Å². The second kappa shape index (κ2) is 4.26. The SMILES string of the molecule is CC(C)c1nccnc1-c1ccc2occc2c1. The van der Waals surface area contributed by atoms with E-state index in [0.29, 0.717) is 5.92 Å². The first kappa shape index (κ1) is 11.0. The predicted octanol–water partition coefficient (Wildman–Crippen LogP) is 4.01. The Morgan fingerprint density at radius 2 is 1.89 bits per heavy atom. The molecule has 0 aliphatic carbocycles. The molecule has 0 radical (unpaired) electrons. The summed E-state index contributed by atoms with van der Waals surface area (Å²) in [7, 11) is 0. The molecule has 3 heteroatoms. The summed E-state index contributed by atoms with van der Waals surface area (Å²) in [5.74, 6) is 0.355. The number of nitrogens with zero attached hydrogens (tertiary/aromatic N) is 2. The van der Waals surface area contributed by atoms with Crippen LogP contribution in [0.15, 0.2) is 47.3 Å². The Labute approximate surface area is 105 Å². The molecule has 0 aliphatic rings. The summed E-state index contributed by atoms with van der Waals surface area (Å²) < 4.78 is 5.35. The fourth-order valence-electron chi connectivity index (χ4n) is 2.11. The summed E-state index contributed by atoms with van der Waals surface area (Å²) in [4.78, 5) is 8.90. The van der Waals surface area contributed by atoms with Crippen LogP contribution in [0.25, 0.3) is 22.2 Å². The lowest BCUT2D eigenvalue weighted by atomic mass is 10.0. The molecule has 0 aliphatic heterocycles. The number of rotatable bonds is 2. The largest absolute Gasteiger partial charge is 0.464 e. The van der Waals surface area contributed by atoms with Crippen LogP contribution in [0.5, 0.6) is 0 Å². The highest BCUT2D eigenvalue weighted by molar-refractivity contribution is 5.83. The molecule has 0 unspecified atom stereocenters. The van der Waals surface area contributed by atoms with E-state index in [-0.39, 0.29) is 0 Å². The van der Waals surface area contributed by atoms with Gasteiger partial charge in [0.1, 0.15) is 5.58 Å². The fraction of sp³-hybridized carbons (Fsp3) is 0.200. The summed E-state index contributed by atoms with van der Waals surface area (Å²) in [6.45, 7) is 4.26. The number of hydrogen-bond donors (Lipinski definition) is 0. The van der Waals surface area contributed by atoms with Crippen LogP contribution in [-0.2, 0) is 0 Å². The van der Waals surface area contributed by atoms with E-state index in [4.69, 9.17) is 4.42 Å². The van der Waals surface area contributed by atoms with Crippen molar-refractivity contribution in [2.24, 2.45) is 0 Å². The molecule has 3 aromatic rings. The highest BCUT2D eigenvalue weighted by Gasteiger charge is 2.11. The zero-order chi connectivity index (χ0) is 12.5. The Bertz CT molecular complexity index is 686. The van der Waals surface area contributed by atoms with Crippen molar-refractivity contribution in [2.45, 2.75) is 19.8 Å². The molecule has 0 N–H and O–H groups in total. The molecule has 18 heavy (non-hydrogen) atoms. The first-order valence-corrected chi connectivity index (χ1v) is 6.04. The van der Waals surface area contributed by atoms with E-state index in [2.05, 4.69) is 29.9 Å². The second-order valence-electron chi connectivity index (χ2n) is 4.62. The van der Waals surface area contributed by atoms with Gasteiger partial charge in [0.05, 0.1) is 17.7 Å². The summed E-state index contributed by atoms with van der Waals surface area (Å²) in [5, 5.41) is 1.09. The first-order valence-electron chi connectivity index (χ1n) is 6.04. The zero-order valence-electron chi connectivity index (χ0n) is 10.4. The van der Waals surface area contributed by atoms with E-state index in [0.717, 1.165) is 27.9 Å². The van der Waals surface area contributed by atoms with Gasteiger partial charge in [-0.2, -0.15) is 0 Å². The van der Waals surface area contributed by atoms with Crippen molar-refractivity contribution >= 4 is 11.0 Å². The van der Waals surface area contributed by atoms with Crippen molar-refractivity contribution in [1.82, 2.24) is 9.97 Å². The Morgan fingerprint density at radius 1 is 1.06 bits per heavy atom. The minimum absolute atomic E-state index is 0.355. The maximum absolute atomic E-state index is 5.35. The van der Waals surface area contributed by atoms with Crippen molar-refractivity contribution in [3.63, 3.8) is 0 Å². The number of furan rings is 1. The average Bonchev–Trinajstić information content (AvgIpc) is 2.85. The third kappa shape index (κ3) is 1.78. The summed E-state index contributed by atoms with van der Waals surface area (Å²) >= 11 is 0. The lowest BCUT2D eigenvalue weighted by molar-refractivity contribution is 0.616. The molecule has 0 saturated carbocycles. The lowest BCUT2D eigenvalue weighted by Gasteiger charge is -2.10. The van der Waals surface area contributed by atoms with Crippen molar-refractivity contribution in [1.29, 1.82) is 0 Å². The van der Waals surface area contributed by atoms with Crippen molar-refractivity contribution in [2.75, 3.05) is 0 Å². The van der Waals surface area contributed by atoms with E-state index in [1.807, 2.05) is 18.2 Å². The van der Waals surface area contributed by atoms with E-state index < -0.39 is 0 Å². The van der Waals surface area contributed by atoms with E-state index >= 15 is 0 Å². The van der Waals surface area contributed by atoms with Gasteiger partial charge in [-0.3, -0.25) is 9.97 Å². The van der Waals surface area contributed by atoms with Gasteiger partial charge < -0.3 is 4.42 Å². The molecule has 2 heterocycles. The van der Waals surface area contributed by atoms with Crippen LogP contribution < -0.4 is 0 Å². The minimum Gasteiger partial charge on any atom is -0.464 e. The average molecular weight is 238 g/mol. The normalized spacial score (nSPS) is 11.3. The molecular formula is C15H14N2O. The Kier molecular flexibility index (Phi) is 2.59. The van der Waals surface area contributed by atoms with Crippen LogP contribution in [-0.4, -0.2) is 9.97 Å². The van der Waals surface area contributed by atoms with Crippen LogP contribution >= 0.6 is 0 Å². The zero-order valence-corrected chi connectivity index (χ0v) is 10.4. The standard InChI is InChI=1S/C15H14N2O/c1-10(2)14-15(17-7-6-16-14)12-3-4-13-11(9-12)5-8-18-13/h3-10H,1-2H3. The summed E-state index contributed by atoms with van der Waals surface area (Å²) in [6.07, 6.45) is 5.18. The van der Waals surface area contributed by atoms with Gasteiger partial charge in [-0.05, 0) is 30.2 Å². The Morgan fingerprint density at radius 3 is 2.72 bits per heavy atom. The lowest BCUT2D eigenvalue weighted by Crippen LogP contribution is -1.98. The van der Waals surface area contributed by atoms with E-state index in [1.165, 1.54) is 0 Å². The fourth-order valence-corrected chi connectivity index (χ4v) is 2.11. The molecule has 0 amide bonds. The topological polar surface area (TPSA) is 38.9 Å². The Hall–Kier alpha value is -2.16. The number of aromatic nitrogens is 2. The number of benzene rings is 1. The van der Waals surface area contributed by atoms with Gasteiger partial charge in [-0.25, -0.2) is 0 Å². The summed E-state index contributed by atoms with van der Waals surface area (Å²) in [5.41, 5.74) is 3.96. The molecule has 90 valence electrons. The van der Waals surface area contributed by atoms with Crippen LogP contribution in [0.3, 0.4) is 0 Å². The predicted molar refractivity (Wildman–Crippen MR) is 71.3 cm³/mol. The molecule has 1 aromatic carbocycles. The van der Waals surface area contributed by atoms with Gasteiger partial charge in [0.25, 0.3) is 0 Å². The minimum atomic E-state index is 0.355. The van der Waals surface area contributed by atoms with Gasteiger partial charge in [0, 0.05) is 23.3 Å². The quantitative estimate of drug-likeness (QED) is 0.677. The third-order valence-electron chi connectivity index (χ3n) is 3.00.